The second-order valence-electron chi connectivity index (χ2n) is 7.38. The van der Waals surface area contributed by atoms with Gasteiger partial charge in [-0.3, -0.25) is 9.63 Å². The van der Waals surface area contributed by atoms with Crippen molar-refractivity contribution in [3.05, 3.63) is 29.8 Å². The number of hydroxylamine groups is 1. The first-order valence-electron chi connectivity index (χ1n) is 9.34. The number of methoxy groups -OCH3 is 1. The molecule has 26 heavy (non-hydrogen) atoms. The van der Waals surface area contributed by atoms with Crippen molar-refractivity contribution in [2.24, 2.45) is 5.41 Å². The zero-order chi connectivity index (χ0) is 18.6. The van der Waals surface area contributed by atoms with Crippen LogP contribution < -0.4 is 15.5 Å². The minimum atomic E-state index is -0.401. The molecule has 140 valence electrons. The zero-order valence-corrected chi connectivity index (χ0v) is 15.5. The van der Waals surface area contributed by atoms with Crippen LogP contribution in [0.4, 0.5) is 0 Å². The van der Waals surface area contributed by atoms with Gasteiger partial charge in [0.15, 0.2) is 12.0 Å². The number of nitriles is 1. The van der Waals surface area contributed by atoms with Gasteiger partial charge in [0, 0.05) is 18.9 Å². The van der Waals surface area contributed by atoms with Crippen LogP contribution in [0.15, 0.2) is 24.3 Å². The quantitative estimate of drug-likeness (QED) is 0.522. The van der Waals surface area contributed by atoms with Gasteiger partial charge < -0.3 is 10.1 Å². The Morgan fingerprint density at radius 3 is 2.85 bits per heavy atom. The van der Waals surface area contributed by atoms with Crippen molar-refractivity contribution in [1.82, 2.24) is 10.8 Å². The highest BCUT2D eigenvalue weighted by molar-refractivity contribution is 5.83. The SMILES string of the molecule is CCC[C@]1(CCC(=O)C2CC(c3ccc(OC)cc3)NO2)CC1NC#N. The molecule has 6 heteroatoms. The number of ether oxygens (including phenoxy) is 1. The first kappa shape index (κ1) is 18.7. The number of benzene rings is 1. The Kier molecular flexibility index (Phi) is 5.80. The third-order valence-corrected chi connectivity index (χ3v) is 5.73. The summed E-state index contributed by atoms with van der Waals surface area (Å²) in [5.41, 5.74) is 4.19. The van der Waals surface area contributed by atoms with Crippen molar-refractivity contribution in [3.8, 4) is 11.9 Å². The lowest BCUT2D eigenvalue weighted by atomic mass is 9.90. The van der Waals surface area contributed by atoms with Crippen LogP contribution in [0.5, 0.6) is 5.75 Å². The molecule has 1 aliphatic heterocycles. The number of hydrogen-bond acceptors (Lipinski definition) is 6. The Hall–Kier alpha value is -2.10. The number of nitrogens with one attached hydrogen (secondary N) is 2. The summed E-state index contributed by atoms with van der Waals surface area (Å²) < 4.78 is 5.18. The van der Waals surface area contributed by atoms with E-state index in [1.165, 1.54) is 0 Å². The van der Waals surface area contributed by atoms with Crippen LogP contribution in [0.25, 0.3) is 0 Å². The Balaban J connectivity index is 1.50. The number of ketones is 1. The van der Waals surface area contributed by atoms with Gasteiger partial charge in [-0.1, -0.05) is 25.5 Å². The Morgan fingerprint density at radius 2 is 2.19 bits per heavy atom. The van der Waals surface area contributed by atoms with Gasteiger partial charge in [-0.2, -0.15) is 10.7 Å². The molecule has 0 spiro atoms. The zero-order valence-electron chi connectivity index (χ0n) is 15.5. The van der Waals surface area contributed by atoms with Crippen molar-refractivity contribution in [2.45, 2.75) is 63.6 Å². The lowest BCUT2D eigenvalue weighted by molar-refractivity contribution is -0.131. The molecule has 2 N–H and O–H groups in total. The maximum absolute atomic E-state index is 12.6. The standard InChI is InChI=1S/C20H27N3O3/c1-3-9-20(12-19(20)22-13-21)10-8-17(24)18-11-16(23-26-18)14-4-6-15(25-2)7-5-14/h4-7,16,18-19,22-23H,3,8-12H2,1-2H3/t16?,18?,19?,20-/m0/s1. The molecule has 3 rings (SSSR count). The second kappa shape index (κ2) is 8.07. The van der Waals surface area contributed by atoms with E-state index in [-0.39, 0.29) is 23.3 Å². The first-order chi connectivity index (χ1) is 12.6. The summed E-state index contributed by atoms with van der Waals surface area (Å²) in [5.74, 6) is 0.957. The van der Waals surface area contributed by atoms with Crippen molar-refractivity contribution in [3.63, 3.8) is 0 Å². The molecule has 1 aliphatic carbocycles. The predicted octanol–water partition coefficient (Wildman–Crippen LogP) is 3.01. The largest absolute Gasteiger partial charge is 0.497 e. The van der Waals surface area contributed by atoms with Crippen molar-refractivity contribution >= 4 is 5.78 Å². The topological polar surface area (TPSA) is 83.4 Å². The molecular formula is C20H27N3O3. The summed E-state index contributed by atoms with van der Waals surface area (Å²) in [5, 5.41) is 11.7. The monoisotopic (exact) mass is 357 g/mol. The van der Waals surface area contributed by atoms with Crippen LogP contribution in [0.2, 0.25) is 0 Å². The fourth-order valence-electron chi connectivity index (χ4n) is 4.05. The van der Waals surface area contributed by atoms with E-state index in [9.17, 15) is 4.79 Å². The van der Waals surface area contributed by atoms with E-state index >= 15 is 0 Å². The average Bonchev–Trinajstić information content (AvgIpc) is 3.10. The van der Waals surface area contributed by atoms with Gasteiger partial charge in [0.25, 0.3) is 0 Å². The molecular weight excluding hydrogens is 330 g/mol. The Labute approximate surface area is 154 Å². The lowest BCUT2D eigenvalue weighted by Gasteiger charge is -2.16. The minimum absolute atomic E-state index is 0.0217. The van der Waals surface area contributed by atoms with Crippen LogP contribution in [-0.4, -0.2) is 25.0 Å². The number of carbonyl (C=O) groups excluding carboxylic acids is 1. The molecule has 1 heterocycles. The molecule has 0 aromatic heterocycles. The summed E-state index contributed by atoms with van der Waals surface area (Å²) in [6.45, 7) is 2.15. The van der Waals surface area contributed by atoms with Gasteiger partial charge in [0.1, 0.15) is 11.9 Å². The highest BCUT2D eigenvalue weighted by Crippen LogP contribution is 2.53. The summed E-state index contributed by atoms with van der Waals surface area (Å²) in [6.07, 6.45) is 6.72. The molecule has 0 bridgehead atoms. The van der Waals surface area contributed by atoms with Gasteiger partial charge in [-0.15, -0.1) is 0 Å². The molecule has 1 aromatic rings. The van der Waals surface area contributed by atoms with Gasteiger partial charge in [-0.25, -0.2) is 0 Å². The summed E-state index contributed by atoms with van der Waals surface area (Å²) >= 11 is 0. The minimum Gasteiger partial charge on any atom is -0.497 e. The number of nitrogens with zero attached hydrogens (tertiary/aromatic N) is 1. The lowest BCUT2D eigenvalue weighted by Crippen LogP contribution is -2.24. The van der Waals surface area contributed by atoms with Crippen LogP contribution >= 0.6 is 0 Å². The molecule has 3 unspecified atom stereocenters. The molecule has 1 saturated heterocycles. The Morgan fingerprint density at radius 1 is 1.42 bits per heavy atom. The summed E-state index contributed by atoms with van der Waals surface area (Å²) in [6, 6.07) is 8.06. The Bertz CT molecular complexity index is 670. The predicted molar refractivity (Wildman–Crippen MR) is 97.1 cm³/mol. The van der Waals surface area contributed by atoms with E-state index in [0.29, 0.717) is 12.8 Å². The van der Waals surface area contributed by atoms with E-state index in [4.69, 9.17) is 14.8 Å². The fraction of sp³-hybridized carbons (Fsp3) is 0.600. The van der Waals surface area contributed by atoms with Crippen LogP contribution in [0.1, 0.15) is 57.1 Å². The molecule has 0 radical (unpaired) electrons. The third kappa shape index (κ3) is 4.00. The van der Waals surface area contributed by atoms with Crippen molar-refractivity contribution in [2.75, 3.05) is 7.11 Å². The smallest absolute Gasteiger partial charge is 0.176 e. The molecule has 1 aromatic carbocycles. The number of hydrogen-bond donors (Lipinski definition) is 2. The third-order valence-electron chi connectivity index (χ3n) is 5.73. The highest BCUT2D eigenvalue weighted by Gasteiger charge is 2.53. The fourth-order valence-corrected chi connectivity index (χ4v) is 4.05. The van der Waals surface area contributed by atoms with Crippen molar-refractivity contribution in [1.29, 1.82) is 5.26 Å². The molecule has 0 amide bonds. The van der Waals surface area contributed by atoms with E-state index in [1.807, 2.05) is 30.5 Å². The summed E-state index contributed by atoms with van der Waals surface area (Å²) in [4.78, 5) is 18.2. The second-order valence-corrected chi connectivity index (χ2v) is 7.38. The van der Waals surface area contributed by atoms with Crippen LogP contribution in [0, 0.1) is 16.9 Å². The van der Waals surface area contributed by atoms with E-state index in [1.54, 1.807) is 7.11 Å². The average molecular weight is 357 g/mol. The van der Waals surface area contributed by atoms with Gasteiger partial charge in [-0.05, 0) is 42.4 Å². The number of Topliss-reactive ketones (excluding diaryl/α,β-unsaturated/α-hetero) is 1. The van der Waals surface area contributed by atoms with Crippen LogP contribution in [0.3, 0.4) is 0 Å². The van der Waals surface area contributed by atoms with E-state index in [0.717, 1.165) is 37.0 Å². The number of carbonyl (C=O) groups is 1. The van der Waals surface area contributed by atoms with Crippen LogP contribution in [-0.2, 0) is 9.63 Å². The molecule has 6 nitrogen and oxygen atoms in total. The molecule has 1 saturated carbocycles. The maximum Gasteiger partial charge on any atom is 0.176 e. The van der Waals surface area contributed by atoms with Gasteiger partial charge >= 0.3 is 0 Å². The summed E-state index contributed by atoms with van der Waals surface area (Å²) in [7, 11) is 1.64. The van der Waals surface area contributed by atoms with E-state index < -0.39 is 6.10 Å². The first-order valence-corrected chi connectivity index (χ1v) is 9.34. The highest BCUT2D eigenvalue weighted by atomic mass is 16.7. The van der Waals surface area contributed by atoms with Gasteiger partial charge in [0.2, 0.25) is 0 Å². The van der Waals surface area contributed by atoms with Crippen molar-refractivity contribution < 1.29 is 14.4 Å². The van der Waals surface area contributed by atoms with Gasteiger partial charge in [0.05, 0.1) is 13.2 Å². The molecule has 4 atom stereocenters. The maximum atomic E-state index is 12.6. The number of rotatable bonds is 9. The normalized spacial score (nSPS) is 29.8. The molecule has 2 aliphatic rings. The molecule has 2 fully saturated rings. The van der Waals surface area contributed by atoms with E-state index in [2.05, 4.69) is 17.7 Å².